The van der Waals surface area contributed by atoms with E-state index in [1.54, 1.807) is 0 Å². The van der Waals surface area contributed by atoms with E-state index < -0.39 is 36.4 Å². The second kappa shape index (κ2) is 5.48. The zero-order valence-electron chi connectivity index (χ0n) is 9.96. The summed E-state index contributed by atoms with van der Waals surface area (Å²) in [6.07, 6.45) is -0.577. The summed E-state index contributed by atoms with van der Waals surface area (Å²) in [5.74, 6) is -0.330. The van der Waals surface area contributed by atoms with Crippen molar-refractivity contribution in [3.8, 4) is 12.3 Å². The van der Waals surface area contributed by atoms with Crippen LogP contribution in [0.2, 0.25) is 0 Å². The molecule has 106 valence electrons. The minimum absolute atomic E-state index is 0.114. The lowest BCUT2D eigenvalue weighted by atomic mass is 9.86. The summed E-state index contributed by atoms with van der Waals surface area (Å²) in [7, 11) is 0. The van der Waals surface area contributed by atoms with Gasteiger partial charge in [0.2, 0.25) is 5.91 Å². The molecule has 1 fully saturated rings. The molecule has 0 radical (unpaired) electrons. The third-order valence-corrected chi connectivity index (χ3v) is 3.08. The number of amides is 1. The Morgan fingerprint density at radius 3 is 2.53 bits per heavy atom. The number of nitrogens with one attached hydrogen (secondary N) is 1. The summed E-state index contributed by atoms with van der Waals surface area (Å²) >= 11 is 0. The molecule has 1 aliphatic rings. The molecule has 0 bridgehead atoms. The van der Waals surface area contributed by atoms with E-state index in [-0.39, 0.29) is 19.6 Å². The van der Waals surface area contributed by atoms with Crippen LogP contribution >= 0.6 is 0 Å². The summed E-state index contributed by atoms with van der Waals surface area (Å²) < 4.78 is 38.5. The molecule has 0 aromatic rings. The lowest BCUT2D eigenvalue weighted by Gasteiger charge is -2.27. The Bertz CT molecular complexity index is 416. The van der Waals surface area contributed by atoms with E-state index in [2.05, 4.69) is 11.2 Å². The number of rotatable bonds is 4. The molecule has 1 amide bonds. The molecular weight excluding hydrogens is 265 g/mol. The topological polar surface area (TPSA) is 69.6 Å². The number of likely N-dealkylation sites (tertiary alicyclic amines) is 1. The Kier molecular flexibility index (Phi) is 4.42. The Labute approximate surface area is 107 Å². The fourth-order valence-electron chi connectivity index (χ4n) is 1.90. The minimum Gasteiger partial charge on any atom is -0.481 e. The lowest BCUT2D eigenvalue weighted by molar-refractivity contribution is -0.227. The van der Waals surface area contributed by atoms with Gasteiger partial charge >= 0.3 is 12.1 Å². The highest BCUT2D eigenvalue weighted by molar-refractivity contribution is 5.82. The standard InChI is InChI=1S/C11H13F3N2O3/c1-2-4-15-6-8(17)16-5-3-10(7-16,9(18)19)11(12,13)14/h1,15H,3-7H2,(H,18,19). The molecule has 0 saturated carbocycles. The van der Waals surface area contributed by atoms with Crippen LogP contribution in [0.4, 0.5) is 13.2 Å². The number of carboxylic acids is 1. The Hall–Kier alpha value is -1.75. The van der Waals surface area contributed by atoms with E-state index in [4.69, 9.17) is 11.5 Å². The van der Waals surface area contributed by atoms with Gasteiger partial charge in [0.15, 0.2) is 5.41 Å². The molecule has 0 spiro atoms. The van der Waals surface area contributed by atoms with Gasteiger partial charge in [-0.1, -0.05) is 5.92 Å². The third-order valence-electron chi connectivity index (χ3n) is 3.08. The Balaban J connectivity index is 2.73. The van der Waals surface area contributed by atoms with Gasteiger partial charge in [-0.2, -0.15) is 13.2 Å². The average molecular weight is 278 g/mol. The highest BCUT2D eigenvalue weighted by Gasteiger charge is 2.64. The Morgan fingerprint density at radius 1 is 1.47 bits per heavy atom. The number of hydrogen-bond donors (Lipinski definition) is 2. The maximum Gasteiger partial charge on any atom is 0.406 e. The summed E-state index contributed by atoms with van der Waals surface area (Å²) in [4.78, 5) is 23.4. The molecule has 0 aromatic carbocycles. The number of halogens is 3. The van der Waals surface area contributed by atoms with E-state index in [0.29, 0.717) is 0 Å². The maximum atomic E-state index is 12.8. The van der Waals surface area contributed by atoms with E-state index in [1.807, 2.05) is 0 Å². The summed E-state index contributed by atoms with van der Waals surface area (Å²) in [6.45, 7) is -1.19. The molecule has 1 rings (SSSR count). The summed E-state index contributed by atoms with van der Waals surface area (Å²) in [6, 6.07) is 0. The van der Waals surface area contributed by atoms with Crippen LogP contribution in [-0.4, -0.2) is 54.2 Å². The van der Waals surface area contributed by atoms with Crippen LogP contribution < -0.4 is 5.32 Å². The predicted octanol–water partition coefficient (Wildman–Crippen LogP) is 0.0748. The number of carboxylic acid groups (broad SMARTS) is 1. The van der Waals surface area contributed by atoms with Crippen molar-refractivity contribution >= 4 is 11.9 Å². The zero-order chi connectivity index (χ0) is 14.7. The van der Waals surface area contributed by atoms with Crippen molar-refractivity contribution in [2.45, 2.75) is 12.6 Å². The molecule has 19 heavy (non-hydrogen) atoms. The monoisotopic (exact) mass is 278 g/mol. The summed E-state index contributed by atoms with van der Waals surface area (Å²) in [5.41, 5.74) is -2.87. The second-order valence-electron chi connectivity index (χ2n) is 4.26. The van der Waals surface area contributed by atoms with Gasteiger partial charge in [0.1, 0.15) is 0 Å². The van der Waals surface area contributed by atoms with Crippen molar-refractivity contribution in [3.05, 3.63) is 0 Å². The number of terminal acetylenes is 1. The number of aliphatic carboxylic acids is 1. The zero-order valence-corrected chi connectivity index (χ0v) is 9.96. The molecule has 0 aliphatic carbocycles. The highest BCUT2D eigenvalue weighted by atomic mass is 19.4. The van der Waals surface area contributed by atoms with Gasteiger partial charge in [-0.3, -0.25) is 14.9 Å². The Morgan fingerprint density at radius 2 is 2.11 bits per heavy atom. The predicted molar refractivity (Wildman–Crippen MR) is 59.0 cm³/mol. The molecule has 1 unspecified atom stereocenters. The average Bonchev–Trinajstić information content (AvgIpc) is 2.74. The first kappa shape index (κ1) is 15.3. The molecule has 1 saturated heterocycles. The second-order valence-corrected chi connectivity index (χ2v) is 4.26. The first-order valence-electron chi connectivity index (χ1n) is 5.46. The SMILES string of the molecule is C#CCNCC(=O)N1CCC(C(=O)O)(C(F)(F)F)C1. The molecule has 1 aliphatic heterocycles. The normalized spacial score (nSPS) is 23.2. The molecule has 8 heteroatoms. The van der Waals surface area contributed by atoms with Crippen molar-refractivity contribution < 1.29 is 27.9 Å². The highest BCUT2D eigenvalue weighted by Crippen LogP contribution is 2.45. The lowest BCUT2D eigenvalue weighted by Crippen LogP contribution is -2.48. The fourth-order valence-corrected chi connectivity index (χ4v) is 1.90. The number of hydrogen-bond acceptors (Lipinski definition) is 3. The van der Waals surface area contributed by atoms with Crippen molar-refractivity contribution in [1.29, 1.82) is 0 Å². The van der Waals surface area contributed by atoms with E-state index in [9.17, 15) is 22.8 Å². The first-order valence-corrected chi connectivity index (χ1v) is 5.46. The fraction of sp³-hybridized carbons (Fsp3) is 0.636. The number of nitrogens with zero attached hydrogens (tertiary/aromatic N) is 1. The molecule has 5 nitrogen and oxygen atoms in total. The van der Waals surface area contributed by atoms with Gasteiger partial charge in [-0.25, -0.2) is 0 Å². The van der Waals surface area contributed by atoms with Crippen LogP contribution in [0.15, 0.2) is 0 Å². The van der Waals surface area contributed by atoms with Crippen molar-refractivity contribution in [2.24, 2.45) is 5.41 Å². The van der Waals surface area contributed by atoms with E-state index in [1.165, 1.54) is 0 Å². The van der Waals surface area contributed by atoms with Crippen LogP contribution in [-0.2, 0) is 9.59 Å². The first-order chi connectivity index (χ1) is 8.74. The smallest absolute Gasteiger partial charge is 0.406 e. The van der Waals surface area contributed by atoms with Gasteiger partial charge in [0, 0.05) is 13.1 Å². The van der Waals surface area contributed by atoms with Crippen molar-refractivity contribution in [2.75, 3.05) is 26.2 Å². The van der Waals surface area contributed by atoms with Gasteiger partial charge in [0.25, 0.3) is 0 Å². The largest absolute Gasteiger partial charge is 0.481 e. The third kappa shape index (κ3) is 2.98. The van der Waals surface area contributed by atoms with Crippen LogP contribution in [0.25, 0.3) is 0 Å². The van der Waals surface area contributed by atoms with Gasteiger partial charge in [-0.15, -0.1) is 6.42 Å². The number of carbonyl (C=O) groups excluding carboxylic acids is 1. The van der Waals surface area contributed by atoms with Gasteiger partial charge in [0.05, 0.1) is 13.1 Å². The quantitative estimate of drug-likeness (QED) is 0.564. The molecule has 1 heterocycles. The van der Waals surface area contributed by atoms with E-state index in [0.717, 1.165) is 4.90 Å². The molecular formula is C11H13F3N2O3. The van der Waals surface area contributed by atoms with E-state index >= 15 is 0 Å². The van der Waals surface area contributed by atoms with Crippen LogP contribution in [0.5, 0.6) is 0 Å². The van der Waals surface area contributed by atoms with Crippen LogP contribution in [0.1, 0.15) is 6.42 Å². The molecule has 0 aromatic heterocycles. The van der Waals surface area contributed by atoms with Gasteiger partial charge in [-0.05, 0) is 6.42 Å². The molecule has 2 N–H and O–H groups in total. The van der Waals surface area contributed by atoms with Crippen molar-refractivity contribution in [1.82, 2.24) is 10.2 Å². The summed E-state index contributed by atoms with van der Waals surface area (Å²) in [5, 5.41) is 11.4. The van der Waals surface area contributed by atoms with Crippen molar-refractivity contribution in [3.63, 3.8) is 0 Å². The number of carbonyl (C=O) groups is 2. The van der Waals surface area contributed by atoms with Gasteiger partial charge < -0.3 is 10.0 Å². The minimum atomic E-state index is -4.89. The number of alkyl halides is 3. The van der Waals surface area contributed by atoms with Crippen LogP contribution in [0.3, 0.4) is 0 Å². The maximum absolute atomic E-state index is 12.8. The van der Waals surface area contributed by atoms with Crippen LogP contribution in [0, 0.1) is 17.8 Å². The molecule has 1 atom stereocenters.